The number of pyridine rings is 2. The standard InChI is InChI=1S/C28H25N5O2/c1-18-13-14-32-24(15-18)31-26-23(28(32)35)16-22(25(29)33(26)17-20-9-5-3-6-10-20)27(34)30-19(2)21-11-7-4-8-12-21/h3-16,19,29H,17H2,1-2H3,(H,30,34)/t19-/m0/s1. The molecule has 7 nitrogen and oxygen atoms in total. The van der Waals surface area contributed by atoms with Crippen molar-refractivity contribution in [3.63, 3.8) is 0 Å². The van der Waals surface area contributed by atoms with Crippen LogP contribution in [0.4, 0.5) is 0 Å². The predicted octanol–water partition coefficient (Wildman–Crippen LogP) is 3.98. The fourth-order valence-corrected chi connectivity index (χ4v) is 4.23. The number of amides is 1. The molecule has 0 unspecified atom stereocenters. The molecular formula is C28H25N5O2. The van der Waals surface area contributed by atoms with Crippen molar-refractivity contribution in [3.05, 3.63) is 123 Å². The lowest BCUT2D eigenvalue weighted by atomic mass is 10.1. The molecule has 2 aromatic carbocycles. The van der Waals surface area contributed by atoms with Gasteiger partial charge in [-0.3, -0.25) is 19.4 Å². The Morgan fingerprint density at radius 2 is 1.71 bits per heavy atom. The first kappa shape index (κ1) is 22.3. The minimum atomic E-state index is -0.413. The van der Waals surface area contributed by atoms with Crippen molar-refractivity contribution < 1.29 is 4.79 Å². The summed E-state index contributed by atoms with van der Waals surface area (Å²) >= 11 is 0. The number of nitrogens with one attached hydrogen (secondary N) is 2. The summed E-state index contributed by atoms with van der Waals surface area (Å²) in [6.45, 7) is 4.13. The average Bonchev–Trinajstić information content (AvgIpc) is 2.87. The molecule has 3 heterocycles. The number of rotatable bonds is 5. The zero-order chi connectivity index (χ0) is 24.5. The molecule has 0 aliphatic rings. The van der Waals surface area contributed by atoms with Gasteiger partial charge in [-0.25, -0.2) is 4.98 Å². The molecule has 0 aliphatic heterocycles. The van der Waals surface area contributed by atoms with E-state index in [1.54, 1.807) is 10.8 Å². The molecule has 174 valence electrons. The SMILES string of the molecule is Cc1ccn2c(=O)c3cc(C(=O)N[C@@H](C)c4ccccc4)c(=N)n(Cc4ccccc4)c3nc2c1. The van der Waals surface area contributed by atoms with Gasteiger partial charge in [-0.2, -0.15) is 0 Å². The molecule has 0 fully saturated rings. The van der Waals surface area contributed by atoms with Crippen LogP contribution in [0.1, 0.15) is 40.0 Å². The van der Waals surface area contributed by atoms with E-state index in [1.807, 2.05) is 86.6 Å². The third kappa shape index (κ3) is 4.24. The van der Waals surface area contributed by atoms with Crippen LogP contribution in [0.3, 0.4) is 0 Å². The van der Waals surface area contributed by atoms with Crippen LogP contribution in [0, 0.1) is 12.3 Å². The number of aromatic nitrogens is 3. The second-order valence-electron chi connectivity index (χ2n) is 8.67. The van der Waals surface area contributed by atoms with Gasteiger partial charge < -0.3 is 9.88 Å². The number of aryl methyl sites for hydroxylation is 1. The minimum Gasteiger partial charge on any atom is -0.345 e. The number of hydrogen-bond acceptors (Lipinski definition) is 4. The molecule has 0 spiro atoms. The van der Waals surface area contributed by atoms with Crippen molar-refractivity contribution in [2.45, 2.75) is 26.4 Å². The molecule has 5 aromatic rings. The summed E-state index contributed by atoms with van der Waals surface area (Å²) in [5.41, 5.74) is 3.59. The van der Waals surface area contributed by atoms with Crippen molar-refractivity contribution in [1.82, 2.24) is 19.3 Å². The Labute approximate surface area is 201 Å². The fourth-order valence-electron chi connectivity index (χ4n) is 4.23. The Bertz CT molecular complexity index is 1670. The van der Waals surface area contributed by atoms with Gasteiger partial charge in [0, 0.05) is 6.20 Å². The first-order valence-electron chi connectivity index (χ1n) is 11.4. The molecule has 1 atom stereocenters. The second-order valence-corrected chi connectivity index (χ2v) is 8.67. The molecule has 3 aromatic heterocycles. The Hall–Kier alpha value is -4.52. The van der Waals surface area contributed by atoms with E-state index in [2.05, 4.69) is 5.32 Å². The van der Waals surface area contributed by atoms with Gasteiger partial charge in [0.25, 0.3) is 11.5 Å². The van der Waals surface area contributed by atoms with Gasteiger partial charge in [0.05, 0.1) is 23.5 Å². The van der Waals surface area contributed by atoms with Crippen molar-refractivity contribution in [2.75, 3.05) is 0 Å². The van der Waals surface area contributed by atoms with Gasteiger partial charge in [-0.05, 0) is 48.7 Å². The van der Waals surface area contributed by atoms with E-state index in [0.717, 1.165) is 16.7 Å². The Balaban J connectivity index is 1.70. The van der Waals surface area contributed by atoms with Crippen LogP contribution in [0.25, 0.3) is 16.7 Å². The summed E-state index contributed by atoms with van der Waals surface area (Å²) in [4.78, 5) is 31.5. The van der Waals surface area contributed by atoms with E-state index < -0.39 is 5.91 Å². The van der Waals surface area contributed by atoms with Gasteiger partial charge in [-0.1, -0.05) is 60.7 Å². The topological polar surface area (TPSA) is 92.3 Å². The first-order valence-corrected chi connectivity index (χ1v) is 11.4. The lowest BCUT2D eigenvalue weighted by Crippen LogP contribution is -2.36. The van der Waals surface area contributed by atoms with Gasteiger partial charge in [0.1, 0.15) is 16.8 Å². The van der Waals surface area contributed by atoms with E-state index in [4.69, 9.17) is 10.4 Å². The van der Waals surface area contributed by atoms with E-state index in [1.165, 1.54) is 10.5 Å². The van der Waals surface area contributed by atoms with Crippen molar-refractivity contribution in [2.24, 2.45) is 0 Å². The van der Waals surface area contributed by atoms with Crippen LogP contribution < -0.4 is 16.4 Å². The normalized spacial score (nSPS) is 12.1. The van der Waals surface area contributed by atoms with Crippen LogP contribution in [0.15, 0.2) is 89.9 Å². The number of nitrogens with zero attached hydrogens (tertiary/aromatic N) is 3. The van der Waals surface area contributed by atoms with E-state index in [-0.39, 0.29) is 28.0 Å². The van der Waals surface area contributed by atoms with E-state index in [0.29, 0.717) is 17.8 Å². The summed E-state index contributed by atoms with van der Waals surface area (Å²) < 4.78 is 3.11. The molecular weight excluding hydrogens is 438 g/mol. The second kappa shape index (κ2) is 9.02. The third-order valence-electron chi connectivity index (χ3n) is 6.15. The molecule has 0 bridgehead atoms. The van der Waals surface area contributed by atoms with Gasteiger partial charge >= 0.3 is 0 Å². The molecule has 2 N–H and O–H groups in total. The fraction of sp³-hybridized carbons (Fsp3) is 0.143. The quantitative estimate of drug-likeness (QED) is 0.386. The summed E-state index contributed by atoms with van der Waals surface area (Å²) in [7, 11) is 0. The van der Waals surface area contributed by atoms with Crippen molar-refractivity contribution in [3.8, 4) is 0 Å². The van der Waals surface area contributed by atoms with Crippen LogP contribution in [0.2, 0.25) is 0 Å². The van der Waals surface area contributed by atoms with Crippen LogP contribution in [0.5, 0.6) is 0 Å². The van der Waals surface area contributed by atoms with Crippen LogP contribution in [-0.2, 0) is 6.54 Å². The minimum absolute atomic E-state index is 0.00279. The summed E-state index contributed by atoms with van der Waals surface area (Å²) in [5.74, 6) is -0.413. The maximum absolute atomic E-state index is 13.5. The number of hydrogen-bond donors (Lipinski definition) is 2. The summed E-state index contributed by atoms with van der Waals surface area (Å²) in [5, 5.41) is 12.2. The number of carbonyl (C=O) groups excluding carboxylic acids is 1. The molecule has 7 heteroatoms. The lowest BCUT2D eigenvalue weighted by Gasteiger charge is -2.17. The molecule has 0 saturated carbocycles. The van der Waals surface area contributed by atoms with Gasteiger partial charge in [0.15, 0.2) is 0 Å². The maximum Gasteiger partial charge on any atom is 0.267 e. The zero-order valence-corrected chi connectivity index (χ0v) is 19.5. The Morgan fingerprint density at radius 1 is 1.03 bits per heavy atom. The maximum atomic E-state index is 13.5. The molecule has 1 amide bonds. The largest absolute Gasteiger partial charge is 0.345 e. The lowest BCUT2D eigenvalue weighted by molar-refractivity contribution is 0.0937. The third-order valence-corrected chi connectivity index (χ3v) is 6.15. The van der Waals surface area contributed by atoms with Crippen LogP contribution in [-0.4, -0.2) is 19.9 Å². The van der Waals surface area contributed by atoms with Gasteiger partial charge in [0.2, 0.25) is 0 Å². The average molecular weight is 464 g/mol. The smallest absolute Gasteiger partial charge is 0.267 e. The highest BCUT2D eigenvalue weighted by Crippen LogP contribution is 2.15. The van der Waals surface area contributed by atoms with Crippen LogP contribution >= 0.6 is 0 Å². The monoisotopic (exact) mass is 463 g/mol. The number of benzene rings is 2. The molecule has 0 radical (unpaired) electrons. The van der Waals surface area contributed by atoms with Crippen molar-refractivity contribution >= 4 is 22.6 Å². The summed E-state index contributed by atoms with van der Waals surface area (Å²) in [6.07, 6.45) is 1.69. The highest BCUT2D eigenvalue weighted by molar-refractivity contribution is 5.97. The van der Waals surface area contributed by atoms with Gasteiger partial charge in [-0.15, -0.1) is 0 Å². The number of fused-ring (bicyclic) bond motifs is 2. The highest BCUT2D eigenvalue weighted by atomic mass is 16.2. The Morgan fingerprint density at radius 3 is 2.43 bits per heavy atom. The Kier molecular flexibility index (Phi) is 5.74. The first-order chi connectivity index (χ1) is 16.9. The van der Waals surface area contributed by atoms with E-state index in [9.17, 15) is 9.59 Å². The highest BCUT2D eigenvalue weighted by Gasteiger charge is 2.19. The zero-order valence-electron chi connectivity index (χ0n) is 19.5. The number of carbonyl (C=O) groups is 1. The summed E-state index contributed by atoms with van der Waals surface area (Å²) in [6, 6.07) is 24.2. The molecule has 35 heavy (non-hydrogen) atoms. The molecule has 5 rings (SSSR count). The molecule has 0 aliphatic carbocycles. The van der Waals surface area contributed by atoms with Crippen molar-refractivity contribution in [1.29, 1.82) is 5.41 Å². The van der Waals surface area contributed by atoms with E-state index >= 15 is 0 Å². The predicted molar refractivity (Wildman–Crippen MR) is 135 cm³/mol. The molecule has 0 saturated heterocycles.